The number of ether oxygens (including phenoxy) is 1. The maximum Gasteiger partial charge on any atom is 0.216 e. The molecule has 2 aromatic carbocycles. The molecule has 0 spiro atoms. The summed E-state index contributed by atoms with van der Waals surface area (Å²) < 4.78 is 21.0. The number of hydrogen-bond donors (Lipinski definition) is 1. The lowest BCUT2D eigenvalue weighted by molar-refractivity contribution is 0.290. The minimum absolute atomic E-state index is 0.108. The van der Waals surface area contributed by atoms with E-state index < -0.39 is 5.82 Å². The van der Waals surface area contributed by atoms with E-state index in [2.05, 4.69) is 15.3 Å². The summed E-state index contributed by atoms with van der Waals surface area (Å²) in [5.74, 6) is 0.555. The first-order valence-corrected chi connectivity index (χ1v) is 8.24. The average molecular weight is 397 g/mol. The molecular formula is C16H11Cl2FN4OS. The number of hydrogen-bond acceptors (Lipinski definition) is 4. The summed E-state index contributed by atoms with van der Waals surface area (Å²) in [5, 5.41) is 11.7. The Morgan fingerprint density at radius 3 is 2.72 bits per heavy atom. The molecule has 128 valence electrons. The van der Waals surface area contributed by atoms with Gasteiger partial charge in [0.2, 0.25) is 4.77 Å². The first-order chi connectivity index (χ1) is 12.0. The van der Waals surface area contributed by atoms with Crippen molar-refractivity contribution in [3.8, 4) is 5.75 Å². The van der Waals surface area contributed by atoms with Gasteiger partial charge in [-0.05, 0) is 48.6 Å². The van der Waals surface area contributed by atoms with Crippen LogP contribution in [0.4, 0.5) is 4.39 Å². The molecule has 3 aromatic rings. The zero-order valence-corrected chi connectivity index (χ0v) is 14.9. The maximum absolute atomic E-state index is 13.8. The van der Waals surface area contributed by atoms with E-state index in [0.29, 0.717) is 16.6 Å². The molecular weight excluding hydrogens is 386 g/mol. The van der Waals surface area contributed by atoms with Gasteiger partial charge in [-0.2, -0.15) is 14.9 Å². The van der Waals surface area contributed by atoms with Crippen LogP contribution < -0.4 is 4.74 Å². The van der Waals surface area contributed by atoms with Crippen LogP contribution in [0.3, 0.4) is 0 Å². The third-order valence-corrected chi connectivity index (χ3v) is 4.05. The molecule has 1 aromatic heterocycles. The summed E-state index contributed by atoms with van der Waals surface area (Å²) in [4.78, 5) is 0. The van der Waals surface area contributed by atoms with Gasteiger partial charge in [-0.25, -0.2) is 9.49 Å². The van der Waals surface area contributed by atoms with E-state index >= 15 is 0 Å². The molecule has 0 aliphatic rings. The molecule has 0 bridgehead atoms. The Balaban J connectivity index is 1.81. The topological polar surface area (TPSA) is 55.2 Å². The quantitative estimate of drug-likeness (QED) is 0.495. The molecule has 0 saturated carbocycles. The molecule has 9 heteroatoms. The number of halogens is 3. The van der Waals surface area contributed by atoms with Crippen LogP contribution in [0, 0.1) is 10.6 Å². The molecule has 0 aliphatic carbocycles. The smallest absolute Gasteiger partial charge is 0.216 e. The predicted molar refractivity (Wildman–Crippen MR) is 97.6 cm³/mol. The molecule has 3 rings (SSSR count). The van der Waals surface area contributed by atoms with Gasteiger partial charge in [-0.1, -0.05) is 29.3 Å². The molecule has 0 atom stereocenters. The Bertz CT molecular complexity index is 949. The van der Waals surface area contributed by atoms with Crippen LogP contribution in [0.1, 0.15) is 11.4 Å². The maximum atomic E-state index is 13.8. The van der Waals surface area contributed by atoms with Gasteiger partial charge in [-0.15, -0.1) is 0 Å². The lowest BCUT2D eigenvalue weighted by Gasteiger charge is -2.05. The number of aromatic amines is 1. The largest absolute Gasteiger partial charge is 0.486 e. The molecule has 0 fully saturated rings. The van der Waals surface area contributed by atoms with E-state index in [-0.39, 0.29) is 22.0 Å². The predicted octanol–water partition coefficient (Wildman–Crippen LogP) is 4.85. The van der Waals surface area contributed by atoms with E-state index in [1.807, 2.05) is 0 Å². The first-order valence-electron chi connectivity index (χ1n) is 7.07. The van der Waals surface area contributed by atoms with Crippen molar-refractivity contribution in [3.05, 3.63) is 74.5 Å². The van der Waals surface area contributed by atoms with E-state index in [1.165, 1.54) is 23.0 Å². The molecule has 1 N–H and O–H groups in total. The molecule has 0 aliphatic heterocycles. The zero-order valence-electron chi connectivity index (χ0n) is 12.6. The van der Waals surface area contributed by atoms with Gasteiger partial charge < -0.3 is 4.74 Å². The van der Waals surface area contributed by atoms with Gasteiger partial charge in [0.05, 0.1) is 11.2 Å². The second-order valence-corrected chi connectivity index (χ2v) is 6.11. The summed E-state index contributed by atoms with van der Waals surface area (Å²) in [5.41, 5.74) is 0.164. The molecule has 0 saturated heterocycles. The summed E-state index contributed by atoms with van der Waals surface area (Å²) in [7, 11) is 0. The second kappa shape index (κ2) is 7.77. The van der Waals surface area contributed by atoms with Crippen molar-refractivity contribution in [2.24, 2.45) is 5.10 Å². The summed E-state index contributed by atoms with van der Waals surface area (Å²) in [6, 6.07) is 11.3. The van der Waals surface area contributed by atoms with E-state index in [0.717, 1.165) is 0 Å². The molecule has 5 nitrogen and oxygen atoms in total. The van der Waals surface area contributed by atoms with E-state index in [1.54, 1.807) is 30.3 Å². The Hall–Kier alpha value is -2.22. The molecule has 1 heterocycles. The normalized spacial score (nSPS) is 11.2. The highest BCUT2D eigenvalue weighted by Gasteiger charge is 2.08. The van der Waals surface area contributed by atoms with Gasteiger partial charge in [0, 0.05) is 10.6 Å². The van der Waals surface area contributed by atoms with Crippen LogP contribution in [0.25, 0.3) is 0 Å². The lowest BCUT2D eigenvalue weighted by atomic mass is 10.2. The monoisotopic (exact) mass is 396 g/mol. The Morgan fingerprint density at radius 1 is 1.24 bits per heavy atom. The summed E-state index contributed by atoms with van der Waals surface area (Å²) in [6.45, 7) is 0.108. The molecule has 25 heavy (non-hydrogen) atoms. The van der Waals surface area contributed by atoms with Crippen LogP contribution in [0.2, 0.25) is 10.0 Å². The first kappa shape index (κ1) is 17.6. The Kier molecular flexibility index (Phi) is 5.47. The van der Waals surface area contributed by atoms with Crippen LogP contribution in [-0.4, -0.2) is 21.1 Å². The molecule has 0 amide bonds. The number of rotatable bonds is 5. The Labute approximate surface area is 157 Å². The highest BCUT2D eigenvalue weighted by atomic mass is 35.5. The fraction of sp³-hybridized carbons (Fsp3) is 0.0625. The highest BCUT2D eigenvalue weighted by Crippen LogP contribution is 2.18. The second-order valence-electron chi connectivity index (χ2n) is 4.88. The molecule has 0 unspecified atom stereocenters. The van der Waals surface area contributed by atoms with Gasteiger partial charge >= 0.3 is 0 Å². The van der Waals surface area contributed by atoms with Gasteiger partial charge in [-0.3, -0.25) is 0 Å². The number of nitrogens with zero attached hydrogens (tertiary/aromatic N) is 3. The fourth-order valence-electron chi connectivity index (χ4n) is 1.97. The van der Waals surface area contributed by atoms with Crippen LogP contribution in [0.5, 0.6) is 5.75 Å². The van der Waals surface area contributed by atoms with E-state index in [4.69, 9.17) is 40.2 Å². The molecule has 0 radical (unpaired) electrons. The Morgan fingerprint density at radius 2 is 2.00 bits per heavy atom. The third kappa shape index (κ3) is 4.25. The lowest BCUT2D eigenvalue weighted by Crippen LogP contribution is -2.04. The van der Waals surface area contributed by atoms with Crippen molar-refractivity contribution >= 4 is 41.6 Å². The van der Waals surface area contributed by atoms with Crippen molar-refractivity contribution in [2.45, 2.75) is 6.61 Å². The number of aromatic nitrogens is 3. The fourth-order valence-corrected chi connectivity index (χ4v) is 2.50. The summed E-state index contributed by atoms with van der Waals surface area (Å²) >= 11 is 16.9. The third-order valence-electron chi connectivity index (χ3n) is 3.20. The minimum Gasteiger partial charge on any atom is -0.486 e. The van der Waals surface area contributed by atoms with Crippen LogP contribution in [-0.2, 0) is 6.61 Å². The van der Waals surface area contributed by atoms with Gasteiger partial charge in [0.1, 0.15) is 18.2 Å². The van der Waals surface area contributed by atoms with Gasteiger partial charge in [0.25, 0.3) is 0 Å². The summed E-state index contributed by atoms with van der Waals surface area (Å²) in [6.07, 6.45) is 1.29. The number of nitrogens with one attached hydrogen (secondary N) is 1. The van der Waals surface area contributed by atoms with Crippen molar-refractivity contribution in [2.75, 3.05) is 0 Å². The van der Waals surface area contributed by atoms with Crippen LogP contribution >= 0.6 is 35.4 Å². The number of benzene rings is 2. The zero-order chi connectivity index (χ0) is 17.8. The van der Waals surface area contributed by atoms with Crippen molar-refractivity contribution in [3.63, 3.8) is 0 Å². The standard InChI is InChI=1S/C16H11Cl2FN4OS/c17-10-4-6-11(7-5-10)24-9-15-21-22-16(25)23(15)20-8-12-13(18)2-1-3-14(12)19/h1-8H,9H2,(H,22,25). The average Bonchev–Trinajstić information content (AvgIpc) is 2.94. The van der Waals surface area contributed by atoms with Crippen molar-refractivity contribution in [1.82, 2.24) is 14.9 Å². The minimum atomic E-state index is -0.481. The number of H-pyrrole nitrogens is 1. The SMILES string of the molecule is Fc1cccc(Cl)c1C=Nn1c(COc2ccc(Cl)cc2)n[nH]c1=S. The highest BCUT2D eigenvalue weighted by molar-refractivity contribution is 7.71. The van der Waals surface area contributed by atoms with Crippen molar-refractivity contribution in [1.29, 1.82) is 0 Å². The van der Waals surface area contributed by atoms with Crippen LogP contribution in [0.15, 0.2) is 47.6 Å². The van der Waals surface area contributed by atoms with Gasteiger partial charge in [0.15, 0.2) is 5.82 Å². The van der Waals surface area contributed by atoms with Crippen molar-refractivity contribution < 1.29 is 9.13 Å². The van der Waals surface area contributed by atoms with E-state index in [9.17, 15) is 4.39 Å².